The molecule has 98 valence electrons. The van der Waals surface area contributed by atoms with Crippen molar-refractivity contribution >= 4 is 11.6 Å². The Morgan fingerprint density at radius 3 is 2.68 bits per heavy atom. The SMILES string of the molecule is Cc1cc(O)ccc1NC(=O)c1ccccc1CN. The first-order chi connectivity index (χ1) is 9.11. The van der Waals surface area contributed by atoms with Gasteiger partial charge in [0.1, 0.15) is 5.75 Å². The predicted molar refractivity (Wildman–Crippen MR) is 75.1 cm³/mol. The van der Waals surface area contributed by atoms with Crippen LogP contribution in [0.25, 0.3) is 0 Å². The van der Waals surface area contributed by atoms with Crippen molar-refractivity contribution in [2.75, 3.05) is 5.32 Å². The highest BCUT2D eigenvalue weighted by atomic mass is 16.3. The van der Waals surface area contributed by atoms with Crippen LogP contribution >= 0.6 is 0 Å². The number of anilines is 1. The summed E-state index contributed by atoms with van der Waals surface area (Å²) in [4.78, 5) is 12.2. The largest absolute Gasteiger partial charge is 0.508 e. The van der Waals surface area contributed by atoms with Crippen LogP contribution in [-0.4, -0.2) is 11.0 Å². The molecule has 0 aromatic heterocycles. The van der Waals surface area contributed by atoms with Crippen molar-refractivity contribution in [2.45, 2.75) is 13.5 Å². The van der Waals surface area contributed by atoms with Gasteiger partial charge in [0.2, 0.25) is 0 Å². The molecule has 0 bridgehead atoms. The maximum Gasteiger partial charge on any atom is 0.255 e. The van der Waals surface area contributed by atoms with Gasteiger partial charge < -0.3 is 16.2 Å². The average molecular weight is 256 g/mol. The van der Waals surface area contributed by atoms with Crippen molar-refractivity contribution in [1.82, 2.24) is 0 Å². The lowest BCUT2D eigenvalue weighted by Gasteiger charge is -2.11. The van der Waals surface area contributed by atoms with Gasteiger partial charge in [-0.3, -0.25) is 4.79 Å². The molecular formula is C15H16N2O2. The number of carbonyl (C=O) groups excluding carboxylic acids is 1. The fraction of sp³-hybridized carbons (Fsp3) is 0.133. The first-order valence-corrected chi connectivity index (χ1v) is 6.00. The molecule has 1 amide bonds. The summed E-state index contributed by atoms with van der Waals surface area (Å²) in [5, 5.41) is 12.2. The van der Waals surface area contributed by atoms with Crippen molar-refractivity contribution < 1.29 is 9.90 Å². The number of carbonyl (C=O) groups is 1. The van der Waals surface area contributed by atoms with Crippen molar-refractivity contribution in [3.63, 3.8) is 0 Å². The van der Waals surface area contributed by atoms with Crippen LogP contribution in [0.4, 0.5) is 5.69 Å². The quantitative estimate of drug-likeness (QED) is 0.738. The number of phenolic OH excluding ortho intramolecular Hbond substituents is 1. The van der Waals surface area contributed by atoms with Crippen molar-refractivity contribution in [1.29, 1.82) is 0 Å². The minimum absolute atomic E-state index is 0.179. The molecule has 0 heterocycles. The minimum Gasteiger partial charge on any atom is -0.508 e. The average Bonchev–Trinajstić information content (AvgIpc) is 2.41. The summed E-state index contributed by atoms with van der Waals surface area (Å²) >= 11 is 0. The summed E-state index contributed by atoms with van der Waals surface area (Å²) in [5.74, 6) is -0.0207. The van der Waals surface area contributed by atoms with Gasteiger partial charge in [-0.1, -0.05) is 18.2 Å². The fourth-order valence-electron chi connectivity index (χ4n) is 1.90. The van der Waals surface area contributed by atoms with Gasteiger partial charge in [-0.05, 0) is 42.3 Å². The van der Waals surface area contributed by atoms with Gasteiger partial charge in [-0.25, -0.2) is 0 Å². The lowest BCUT2D eigenvalue weighted by molar-refractivity contribution is 0.102. The summed E-state index contributed by atoms with van der Waals surface area (Å²) in [6, 6.07) is 12.0. The van der Waals surface area contributed by atoms with E-state index in [1.165, 1.54) is 6.07 Å². The Morgan fingerprint density at radius 2 is 2.00 bits per heavy atom. The van der Waals surface area contributed by atoms with E-state index >= 15 is 0 Å². The third kappa shape index (κ3) is 2.92. The summed E-state index contributed by atoms with van der Waals surface area (Å²) in [6.07, 6.45) is 0. The molecule has 0 aliphatic heterocycles. The van der Waals surface area contributed by atoms with Gasteiger partial charge in [0.05, 0.1) is 0 Å². The third-order valence-electron chi connectivity index (χ3n) is 2.94. The Labute approximate surface area is 111 Å². The van der Waals surface area contributed by atoms with Crippen LogP contribution in [0.15, 0.2) is 42.5 Å². The summed E-state index contributed by atoms with van der Waals surface area (Å²) < 4.78 is 0. The number of nitrogens with two attached hydrogens (primary N) is 1. The van der Waals surface area contributed by atoms with Crippen LogP contribution in [0.1, 0.15) is 21.5 Å². The van der Waals surface area contributed by atoms with Gasteiger partial charge in [0.15, 0.2) is 0 Å². The summed E-state index contributed by atoms with van der Waals surface area (Å²) in [7, 11) is 0. The molecule has 2 aromatic rings. The number of phenols is 1. The Balaban J connectivity index is 2.26. The normalized spacial score (nSPS) is 10.2. The summed E-state index contributed by atoms with van der Waals surface area (Å²) in [6.45, 7) is 2.14. The van der Waals surface area contributed by atoms with Crippen LogP contribution in [0, 0.1) is 6.92 Å². The standard InChI is InChI=1S/C15H16N2O2/c1-10-8-12(18)6-7-14(10)17-15(19)13-5-3-2-4-11(13)9-16/h2-8,18H,9,16H2,1H3,(H,17,19). The molecule has 2 aromatic carbocycles. The Bertz CT molecular complexity index is 609. The van der Waals surface area contributed by atoms with E-state index in [1.54, 1.807) is 24.3 Å². The van der Waals surface area contributed by atoms with E-state index in [2.05, 4.69) is 5.32 Å². The predicted octanol–water partition coefficient (Wildman–Crippen LogP) is 2.41. The van der Waals surface area contributed by atoms with Gasteiger partial charge in [-0.2, -0.15) is 0 Å². The molecule has 0 spiro atoms. The molecule has 0 fully saturated rings. The molecule has 2 rings (SSSR count). The van der Waals surface area contributed by atoms with E-state index in [4.69, 9.17) is 5.73 Å². The highest BCUT2D eigenvalue weighted by Gasteiger charge is 2.11. The van der Waals surface area contributed by atoms with Gasteiger partial charge in [0.25, 0.3) is 5.91 Å². The number of aryl methyl sites for hydroxylation is 1. The summed E-state index contributed by atoms with van der Waals surface area (Å²) in [5.41, 5.74) is 8.47. The number of nitrogens with one attached hydrogen (secondary N) is 1. The van der Waals surface area contributed by atoms with Crippen LogP contribution in [0.3, 0.4) is 0 Å². The molecule has 4 N–H and O–H groups in total. The number of hydrogen-bond donors (Lipinski definition) is 3. The zero-order valence-electron chi connectivity index (χ0n) is 10.7. The molecule has 4 nitrogen and oxygen atoms in total. The number of aromatic hydroxyl groups is 1. The van der Waals surface area contributed by atoms with Crippen LogP contribution < -0.4 is 11.1 Å². The first-order valence-electron chi connectivity index (χ1n) is 6.00. The molecule has 0 aliphatic carbocycles. The number of rotatable bonds is 3. The monoisotopic (exact) mass is 256 g/mol. The molecule has 0 unspecified atom stereocenters. The van der Waals surface area contributed by atoms with E-state index in [9.17, 15) is 9.90 Å². The first kappa shape index (κ1) is 13.1. The number of amides is 1. The second kappa shape index (κ2) is 5.54. The van der Waals surface area contributed by atoms with Crippen molar-refractivity contribution in [3.8, 4) is 5.75 Å². The van der Waals surface area contributed by atoms with Crippen molar-refractivity contribution in [2.24, 2.45) is 5.73 Å². The Hall–Kier alpha value is -2.33. The molecule has 19 heavy (non-hydrogen) atoms. The van der Waals surface area contributed by atoms with Gasteiger partial charge >= 0.3 is 0 Å². The van der Waals surface area contributed by atoms with E-state index in [1.807, 2.05) is 19.1 Å². The van der Waals surface area contributed by atoms with Gasteiger partial charge in [0, 0.05) is 17.8 Å². The molecule has 0 saturated carbocycles. The van der Waals surface area contributed by atoms with E-state index < -0.39 is 0 Å². The van der Waals surface area contributed by atoms with Crippen LogP contribution in [0.2, 0.25) is 0 Å². The number of benzene rings is 2. The maximum atomic E-state index is 12.2. The second-order valence-electron chi connectivity index (χ2n) is 4.31. The lowest BCUT2D eigenvalue weighted by Crippen LogP contribution is -2.16. The topological polar surface area (TPSA) is 75.3 Å². The molecular weight excluding hydrogens is 240 g/mol. The Kier molecular flexibility index (Phi) is 3.82. The molecule has 0 atom stereocenters. The lowest BCUT2D eigenvalue weighted by atomic mass is 10.1. The highest BCUT2D eigenvalue weighted by Crippen LogP contribution is 2.21. The smallest absolute Gasteiger partial charge is 0.255 e. The minimum atomic E-state index is -0.199. The molecule has 0 radical (unpaired) electrons. The highest BCUT2D eigenvalue weighted by molar-refractivity contribution is 6.05. The Morgan fingerprint density at radius 1 is 1.26 bits per heavy atom. The van der Waals surface area contributed by atoms with Crippen molar-refractivity contribution in [3.05, 3.63) is 59.2 Å². The zero-order valence-corrected chi connectivity index (χ0v) is 10.7. The van der Waals surface area contributed by atoms with Gasteiger partial charge in [-0.15, -0.1) is 0 Å². The van der Waals surface area contributed by atoms with E-state index in [0.717, 1.165) is 11.1 Å². The molecule has 4 heteroatoms. The maximum absolute atomic E-state index is 12.2. The molecule has 0 aliphatic rings. The third-order valence-corrected chi connectivity index (χ3v) is 2.94. The van der Waals surface area contributed by atoms with Crippen LogP contribution in [-0.2, 0) is 6.54 Å². The zero-order chi connectivity index (χ0) is 13.8. The fourth-order valence-corrected chi connectivity index (χ4v) is 1.90. The van der Waals surface area contributed by atoms with E-state index in [-0.39, 0.29) is 11.7 Å². The second-order valence-corrected chi connectivity index (χ2v) is 4.31. The van der Waals surface area contributed by atoms with E-state index in [0.29, 0.717) is 17.8 Å². The number of hydrogen-bond acceptors (Lipinski definition) is 3. The van der Waals surface area contributed by atoms with Crippen LogP contribution in [0.5, 0.6) is 5.75 Å². The molecule has 0 saturated heterocycles.